The summed E-state index contributed by atoms with van der Waals surface area (Å²) >= 11 is 0. The van der Waals surface area contributed by atoms with Crippen molar-refractivity contribution in [2.24, 2.45) is 5.92 Å². The molecule has 0 radical (unpaired) electrons. The van der Waals surface area contributed by atoms with Crippen LogP contribution >= 0.6 is 0 Å². The molecule has 100 valence electrons. The highest BCUT2D eigenvalue weighted by molar-refractivity contribution is 5.31. The van der Waals surface area contributed by atoms with Crippen molar-refractivity contribution in [1.82, 2.24) is 5.32 Å². The molecule has 1 aliphatic rings. The van der Waals surface area contributed by atoms with Gasteiger partial charge in [-0.05, 0) is 31.9 Å². The van der Waals surface area contributed by atoms with E-state index in [1.807, 2.05) is 19.2 Å². The third-order valence-corrected chi connectivity index (χ3v) is 3.97. The third-order valence-electron chi connectivity index (χ3n) is 3.97. The van der Waals surface area contributed by atoms with Gasteiger partial charge in [-0.1, -0.05) is 25.3 Å². The molecule has 1 aromatic carbocycles. The van der Waals surface area contributed by atoms with E-state index in [-0.39, 0.29) is 11.9 Å². The Kier molecular flexibility index (Phi) is 4.59. The van der Waals surface area contributed by atoms with Gasteiger partial charge in [0, 0.05) is 17.7 Å². The predicted octanol–water partition coefficient (Wildman–Crippen LogP) is 3.68. The summed E-state index contributed by atoms with van der Waals surface area (Å²) in [5, 5.41) is 3.29. The summed E-state index contributed by atoms with van der Waals surface area (Å²) in [5.41, 5.74) is 0.769. The summed E-state index contributed by atoms with van der Waals surface area (Å²) in [5.74, 6) is 0.959. The van der Waals surface area contributed by atoms with Gasteiger partial charge in [-0.25, -0.2) is 4.39 Å². The Balaban J connectivity index is 2.20. The quantitative estimate of drug-likeness (QED) is 0.881. The Labute approximate surface area is 109 Å². The number of hydrogen-bond acceptors (Lipinski definition) is 2. The van der Waals surface area contributed by atoms with E-state index in [0.717, 1.165) is 5.56 Å². The van der Waals surface area contributed by atoms with Crippen LogP contribution in [0.1, 0.15) is 43.7 Å². The topological polar surface area (TPSA) is 21.3 Å². The van der Waals surface area contributed by atoms with Crippen molar-refractivity contribution < 1.29 is 9.13 Å². The van der Waals surface area contributed by atoms with Crippen LogP contribution in [0.5, 0.6) is 5.75 Å². The van der Waals surface area contributed by atoms with Crippen molar-refractivity contribution in [2.75, 3.05) is 14.2 Å². The standard InChI is InChI=1S/C15H22FNO/c1-17-15(11-6-4-3-5-7-11)13-9-8-12(18-2)10-14(13)16/h8-11,15,17H,3-7H2,1-2H3. The number of benzene rings is 1. The summed E-state index contributed by atoms with van der Waals surface area (Å²) in [4.78, 5) is 0. The lowest BCUT2D eigenvalue weighted by atomic mass is 9.81. The molecule has 0 saturated heterocycles. The van der Waals surface area contributed by atoms with E-state index in [2.05, 4.69) is 5.32 Å². The number of ether oxygens (including phenoxy) is 1. The molecule has 1 N–H and O–H groups in total. The Hall–Kier alpha value is -1.09. The Bertz CT molecular complexity index is 388. The minimum atomic E-state index is -0.167. The van der Waals surface area contributed by atoms with Crippen molar-refractivity contribution in [3.8, 4) is 5.75 Å². The zero-order valence-electron chi connectivity index (χ0n) is 11.2. The maximum atomic E-state index is 14.1. The molecule has 1 fully saturated rings. The molecule has 3 heteroatoms. The van der Waals surface area contributed by atoms with Gasteiger partial charge >= 0.3 is 0 Å². The van der Waals surface area contributed by atoms with Gasteiger partial charge in [0.1, 0.15) is 11.6 Å². The van der Waals surface area contributed by atoms with E-state index in [0.29, 0.717) is 11.7 Å². The Morgan fingerprint density at radius 3 is 2.56 bits per heavy atom. The van der Waals surface area contributed by atoms with E-state index < -0.39 is 0 Å². The summed E-state index contributed by atoms with van der Waals surface area (Å²) in [6, 6.07) is 5.29. The fourth-order valence-electron chi connectivity index (χ4n) is 3.00. The van der Waals surface area contributed by atoms with Crippen LogP contribution in [0.4, 0.5) is 4.39 Å². The summed E-state index contributed by atoms with van der Waals surface area (Å²) < 4.78 is 19.2. The van der Waals surface area contributed by atoms with Crippen LogP contribution in [0.25, 0.3) is 0 Å². The fraction of sp³-hybridized carbons (Fsp3) is 0.600. The molecule has 1 saturated carbocycles. The molecule has 0 aromatic heterocycles. The second-order valence-electron chi connectivity index (χ2n) is 5.05. The van der Waals surface area contributed by atoms with Gasteiger partial charge in [-0.2, -0.15) is 0 Å². The number of nitrogens with one attached hydrogen (secondary N) is 1. The number of hydrogen-bond donors (Lipinski definition) is 1. The summed E-state index contributed by atoms with van der Waals surface area (Å²) in [6.07, 6.45) is 6.23. The van der Waals surface area contributed by atoms with E-state index in [9.17, 15) is 4.39 Å². The van der Waals surface area contributed by atoms with Gasteiger partial charge in [0.2, 0.25) is 0 Å². The highest BCUT2D eigenvalue weighted by atomic mass is 19.1. The van der Waals surface area contributed by atoms with Gasteiger partial charge in [0.25, 0.3) is 0 Å². The molecule has 0 spiro atoms. The fourth-order valence-corrected chi connectivity index (χ4v) is 3.00. The molecule has 0 heterocycles. The molecule has 2 rings (SSSR count). The average molecular weight is 251 g/mol. The molecule has 1 unspecified atom stereocenters. The van der Waals surface area contributed by atoms with Crippen LogP contribution < -0.4 is 10.1 Å². The second-order valence-corrected chi connectivity index (χ2v) is 5.05. The monoisotopic (exact) mass is 251 g/mol. The first-order valence-electron chi connectivity index (χ1n) is 6.77. The first-order valence-corrected chi connectivity index (χ1v) is 6.77. The molecule has 0 bridgehead atoms. The van der Waals surface area contributed by atoms with Gasteiger partial charge in [0.15, 0.2) is 0 Å². The van der Waals surface area contributed by atoms with Crippen LogP contribution in [0, 0.1) is 11.7 Å². The average Bonchev–Trinajstić information content (AvgIpc) is 2.42. The zero-order chi connectivity index (χ0) is 13.0. The van der Waals surface area contributed by atoms with E-state index in [4.69, 9.17) is 4.74 Å². The largest absolute Gasteiger partial charge is 0.497 e. The SMILES string of the molecule is CNC(c1ccc(OC)cc1F)C1CCCCC1. The highest BCUT2D eigenvalue weighted by Crippen LogP contribution is 2.35. The number of rotatable bonds is 4. The lowest BCUT2D eigenvalue weighted by molar-refractivity contribution is 0.276. The van der Waals surface area contributed by atoms with Crippen molar-refractivity contribution in [3.63, 3.8) is 0 Å². The maximum Gasteiger partial charge on any atom is 0.131 e. The molecule has 1 aromatic rings. The van der Waals surface area contributed by atoms with Gasteiger partial charge in [-0.15, -0.1) is 0 Å². The minimum Gasteiger partial charge on any atom is -0.497 e. The molecule has 0 aliphatic heterocycles. The zero-order valence-corrected chi connectivity index (χ0v) is 11.2. The van der Waals surface area contributed by atoms with Crippen LogP contribution in [-0.2, 0) is 0 Å². The van der Waals surface area contributed by atoms with Crippen LogP contribution in [0.15, 0.2) is 18.2 Å². The van der Waals surface area contributed by atoms with Crippen molar-refractivity contribution in [1.29, 1.82) is 0 Å². The van der Waals surface area contributed by atoms with E-state index >= 15 is 0 Å². The van der Waals surface area contributed by atoms with E-state index in [1.165, 1.54) is 38.2 Å². The maximum absolute atomic E-state index is 14.1. The van der Waals surface area contributed by atoms with Crippen LogP contribution in [0.2, 0.25) is 0 Å². The smallest absolute Gasteiger partial charge is 0.131 e. The molecule has 1 aliphatic carbocycles. The molecule has 18 heavy (non-hydrogen) atoms. The van der Waals surface area contributed by atoms with Crippen molar-refractivity contribution in [2.45, 2.75) is 38.1 Å². The van der Waals surface area contributed by atoms with Gasteiger partial charge < -0.3 is 10.1 Å². The van der Waals surface area contributed by atoms with E-state index in [1.54, 1.807) is 7.11 Å². The normalized spacial score (nSPS) is 18.6. The molecule has 2 nitrogen and oxygen atoms in total. The summed E-state index contributed by atoms with van der Waals surface area (Å²) in [7, 11) is 3.48. The second kappa shape index (κ2) is 6.19. The minimum absolute atomic E-state index is 0.121. The predicted molar refractivity (Wildman–Crippen MR) is 71.3 cm³/mol. The van der Waals surface area contributed by atoms with Crippen LogP contribution in [-0.4, -0.2) is 14.2 Å². The first kappa shape index (κ1) is 13.3. The first-order chi connectivity index (χ1) is 8.76. The Morgan fingerprint density at radius 1 is 1.28 bits per heavy atom. The van der Waals surface area contributed by atoms with Gasteiger partial charge in [-0.3, -0.25) is 0 Å². The van der Waals surface area contributed by atoms with Crippen molar-refractivity contribution >= 4 is 0 Å². The number of halogens is 1. The lowest BCUT2D eigenvalue weighted by Crippen LogP contribution is -2.27. The highest BCUT2D eigenvalue weighted by Gasteiger charge is 2.25. The lowest BCUT2D eigenvalue weighted by Gasteiger charge is -2.30. The van der Waals surface area contributed by atoms with Crippen molar-refractivity contribution in [3.05, 3.63) is 29.6 Å². The Morgan fingerprint density at radius 2 is 2.00 bits per heavy atom. The summed E-state index contributed by atoms with van der Waals surface area (Å²) in [6.45, 7) is 0. The number of methoxy groups -OCH3 is 1. The molecular weight excluding hydrogens is 229 g/mol. The van der Waals surface area contributed by atoms with Crippen LogP contribution in [0.3, 0.4) is 0 Å². The molecule has 1 atom stereocenters. The molecular formula is C15H22FNO. The molecule has 0 amide bonds. The van der Waals surface area contributed by atoms with Gasteiger partial charge in [0.05, 0.1) is 7.11 Å². The third kappa shape index (κ3) is 2.83.